The molecule has 1 aromatic heterocycles. The summed E-state index contributed by atoms with van der Waals surface area (Å²) >= 11 is 0. The van der Waals surface area contributed by atoms with Crippen LogP contribution in [0.3, 0.4) is 0 Å². The summed E-state index contributed by atoms with van der Waals surface area (Å²) in [6, 6.07) is 4.81. The van der Waals surface area contributed by atoms with Crippen LogP contribution in [-0.4, -0.2) is 34.1 Å². The molecule has 4 unspecified atom stereocenters. The van der Waals surface area contributed by atoms with Crippen LogP contribution in [0.25, 0.3) is 0 Å². The van der Waals surface area contributed by atoms with E-state index in [-0.39, 0.29) is 5.92 Å². The van der Waals surface area contributed by atoms with Crippen molar-refractivity contribution in [3.05, 3.63) is 30.1 Å². The van der Waals surface area contributed by atoms with E-state index >= 15 is 0 Å². The van der Waals surface area contributed by atoms with Crippen LogP contribution in [0.1, 0.15) is 45.9 Å². The minimum Gasteiger partial charge on any atom is -0.384 e. The molecule has 21 heavy (non-hydrogen) atoms. The molecule has 1 heterocycles. The van der Waals surface area contributed by atoms with E-state index in [1.165, 1.54) is 0 Å². The normalized spacial score (nSPS) is 17.8. The fourth-order valence-corrected chi connectivity index (χ4v) is 2.09. The minimum absolute atomic E-state index is 0.0896. The quantitative estimate of drug-likeness (QED) is 0.750. The number of hydrogen-bond acceptors (Lipinski definition) is 5. The Labute approximate surface area is 126 Å². The fraction of sp³-hybridized carbons (Fsp3) is 0.625. The van der Waals surface area contributed by atoms with Crippen molar-refractivity contribution in [1.29, 1.82) is 0 Å². The van der Waals surface area contributed by atoms with Crippen LogP contribution in [-0.2, 0) is 9.53 Å². The van der Waals surface area contributed by atoms with Crippen molar-refractivity contribution in [3.63, 3.8) is 0 Å². The number of aliphatic hydroxyl groups excluding tert-OH is 1. The first-order valence-electron chi connectivity index (χ1n) is 7.22. The Bertz CT molecular complexity index is 431. The second-order valence-electron chi connectivity index (χ2n) is 6.39. The molecule has 0 aliphatic carbocycles. The average molecular weight is 294 g/mol. The van der Waals surface area contributed by atoms with E-state index in [9.17, 15) is 9.90 Å². The molecule has 0 spiro atoms. The molecule has 0 bridgehead atoms. The standard InChI is InChI=1S/C16H26N2O3/c1-11(12(17)10-19)9-14(21-16(2,3)4)15(20)13-7-5-6-8-18-13/h5-8,10-12,14-15,20H,9,17H2,1-4H3. The van der Waals surface area contributed by atoms with E-state index in [1.807, 2.05) is 33.8 Å². The molecule has 0 fully saturated rings. The van der Waals surface area contributed by atoms with E-state index in [0.717, 1.165) is 6.29 Å². The molecular formula is C16H26N2O3. The number of carbonyl (C=O) groups excluding carboxylic acids is 1. The Balaban J connectivity index is 2.89. The molecule has 3 N–H and O–H groups in total. The Hall–Kier alpha value is -1.30. The molecule has 4 atom stereocenters. The predicted octanol–water partition coefficient (Wildman–Crippen LogP) is 1.85. The molecule has 118 valence electrons. The fourth-order valence-electron chi connectivity index (χ4n) is 2.09. The summed E-state index contributed by atoms with van der Waals surface area (Å²) < 4.78 is 5.96. The maximum Gasteiger partial charge on any atom is 0.136 e. The van der Waals surface area contributed by atoms with Crippen molar-refractivity contribution in [2.45, 2.75) is 58.0 Å². The van der Waals surface area contributed by atoms with Gasteiger partial charge in [-0.2, -0.15) is 0 Å². The molecule has 0 amide bonds. The lowest BCUT2D eigenvalue weighted by atomic mass is 9.92. The molecule has 0 aliphatic heterocycles. The predicted molar refractivity (Wildman–Crippen MR) is 81.6 cm³/mol. The molecule has 1 aromatic rings. The number of rotatable bonds is 7. The van der Waals surface area contributed by atoms with Crippen molar-refractivity contribution < 1.29 is 14.6 Å². The summed E-state index contributed by atoms with van der Waals surface area (Å²) in [6.45, 7) is 7.66. The Morgan fingerprint density at radius 1 is 1.43 bits per heavy atom. The zero-order valence-electron chi connectivity index (χ0n) is 13.2. The molecule has 5 nitrogen and oxygen atoms in total. The highest BCUT2D eigenvalue weighted by molar-refractivity contribution is 5.57. The highest BCUT2D eigenvalue weighted by Crippen LogP contribution is 2.27. The summed E-state index contributed by atoms with van der Waals surface area (Å²) in [5.74, 6) is -0.0896. The highest BCUT2D eigenvalue weighted by Gasteiger charge is 2.30. The molecule has 0 saturated carbocycles. The van der Waals surface area contributed by atoms with Crippen LogP contribution in [0, 0.1) is 5.92 Å². The molecule has 0 aromatic carbocycles. The number of nitrogens with zero attached hydrogens (tertiary/aromatic N) is 1. The van der Waals surface area contributed by atoms with Gasteiger partial charge < -0.3 is 20.4 Å². The van der Waals surface area contributed by atoms with E-state index in [4.69, 9.17) is 10.5 Å². The third-order valence-corrected chi connectivity index (χ3v) is 3.27. The van der Waals surface area contributed by atoms with Crippen molar-refractivity contribution in [2.75, 3.05) is 0 Å². The molecule has 0 saturated heterocycles. The van der Waals surface area contributed by atoms with Crippen LogP contribution >= 0.6 is 0 Å². The summed E-state index contributed by atoms with van der Waals surface area (Å²) in [5, 5.41) is 10.5. The first kappa shape index (κ1) is 17.8. The van der Waals surface area contributed by atoms with E-state index < -0.39 is 23.9 Å². The van der Waals surface area contributed by atoms with Crippen LogP contribution in [0.15, 0.2) is 24.4 Å². The summed E-state index contributed by atoms with van der Waals surface area (Å²) in [5.41, 5.74) is 5.89. The largest absolute Gasteiger partial charge is 0.384 e. The van der Waals surface area contributed by atoms with Gasteiger partial charge in [0.15, 0.2) is 0 Å². The number of pyridine rings is 1. The summed E-state index contributed by atoms with van der Waals surface area (Å²) in [6.07, 6.45) is 1.52. The van der Waals surface area contributed by atoms with Gasteiger partial charge in [-0.3, -0.25) is 4.98 Å². The summed E-state index contributed by atoms with van der Waals surface area (Å²) in [7, 11) is 0. The third-order valence-electron chi connectivity index (χ3n) is 3.27. The Morgan fingerprint density at radius 3 is 2.57 bits per heavy atom. The van der Waals surface area contributed by atoms with E-state index in [0.29, 0.717) is 12.1 Å². The molecule has 1 rings (SSSR count). The van der Waals surface area contributed by atoms with Gasteiger partial charge in [-0.15, -0.1) is 0 Å². The molecule has 0 aliphatic rings. The van der Waals surface area contributed by atoms with Gasteiger partial charge >= 0.3 is 0 Å². The smallest absolute Gasteiger partial charge is 0.136 e. The zero-order chi connectivity index (χ0) is 16.0. The second kappa shape index (κ2) is 7.64. The van der Waals surface area contributed by atoms with Gasteiger partial charge in [0.2, 0.25) is 0 Å². The number of nitrogens with two attached hydrogens (primary N) is 1. The zero-order valence-corrected chi connectivity index (χ0v) is 13.2. The van der Waals surface area contributed by atoms with Gasteiger partial charge in [0.25, 0.3) is 0 Å². The highest BCUT2D eigenvalue weighted by atomic mass is 16.5. The number of hydrogen-bond donors (Lipinski definition) is 2. The van der Waals surface area contributed by atoms with Crippen molar-refractivity contribution in [3.8, 4) is 0 Å². The van der Waals surface area contributed by atoms with Crippen LogP contribution in [0.2, 0.25) is 0 Å². The van der Waals surface area contributed by atoms with E-state index in [2.05, 4.69) is 4.98 Å². The monoisotopic (exact) mass is 294 g/mol. The van der Waals surface area contributed by atoms with Gasteiger partial charge in [0.1, 0.15) is 12.4 Å². The first-order valence-corrected chi connectivity index (χ1v) is 7.22. The lowest BCUT2D eigenvalue weighted by molar-refractivity contribution is -0.123. The van der Waals surface area contributed by atoms with Crippen molar-refractivity contribution in [2.24, 2.45) is 11.7 Å². The van der Waals surface area contributed by atoms with Gasteiger partial charge in [-0.05, 0) is 45.2 Å². The summed E-state index contributed by atoms with van der Waals surface area (Å²) in [4.78, 5) is 15.0. The first-order chi connectivity index (χ1) is 9.74. The SMILES string of the molecule is CC(CC(OC(C)(C)C)C(O)c1ccccn1)C(N)C=O. The van der Waals surface area contributed by atoms with E-state index in [1.54, 1.807) is 18.3 Å². The Morgan fingerprint density at radius 2 is 2.10 bits per heavy atom. The van der Waals surface area contributed by atoms with Gasteiger partial charge in [-0.25, -0.2) is 0 Å². The van der Waals surface area contributed by atoms with Crippen LogP contribution in [0.5, 0.6) is 0 Å². The number of ether oxygens (including phenoxy) is 1. The third kappa shape index (κ3) is 5.91. The lowest BCUT2D eigenvalue weighted by Crippen LogP contribution is -2.38. The number of aromatic nitrogens is 1. The number of carbonyl (C=O) groups is 1. The Kier molecular flexibility index (Phi) is 6.45. The van der Waals surface area contributed by atoms with Gasteiger partial charge in [0, 0.05) is 6.20 Å². The van der Waals surface area contributed by atoms with Crippen molar-refractivity contribution >= 4 is 6.29 Å². The van der Waals surface area contributed by atoms with Crippen LogP contribution in [0.4, 0.5) is 0 Å². The average Bonchev–Trinajstić information content (AvgIpc) is 2.44. The molecular weight excluding hydrogens is 268 g/mol. The van der Waals surface area contributed by atoms with Gasteiger partial charge in [-0.1, -0.05) is 13.0 Å². The maximum absolute atomic E-state index is 10.8. The second-order valence-corrected chi connectivity index (χ2v) is 6.39. The number of aldehydes is 1. The van der Waals surface area contributed by atoms with Crippen LogP contribution < -0.4 is 5.73 Å². The van der Waals surface area contributed by atoms with Gasteiger partial charge in [0.05, 0.1) is 23.4 Å². The maximum atomic E-state index is 10.8. The molecule has 0 radical (unpaired) electrons. The molecule has 5 heteroatoms. The lowest BCUT2D eigenvalue weighted by Gasteiger charge is -2.32. The number of aliphatic hydroxyl groups is 1. The topological polar surface area (TPSA) is 85.4 Å². The minimum atomic E-state index is -0.855. The van der Waals surface area contributed by atoms with Crippen molar-refractivity contribution in [1.82, 2.24) is 4.98 Å².